The third kappa shape index (κ3) is 3.37. The van der Waals surface area contributed by atoms with E-state index in [1.54, 1.807) is 42.7 Å². The number of hydrogen-bond donors (Lipinski definition) is 1. The highest BCUT2D eigenvalue weighted by Crippen LogP contribution is 2.31. The molecule has 1 saturated heterocycles. The summed E-state index contributed by atoms with van der Waals surface area (Å²) in [6.07, 6.45) is 5.01. The third-order valence-electron chi connectivity index (χ3n) is 3.40. The van der Waals surface area contributed by atoms with Gasteiger partial charge in [-0.2, -0.15) is 5.01 Å². The quantitative estimate of drug-likeness (QED) is 0.677. The summed E-state index contributed by atoms with van der Waals surface area (Å²) >= 11 is 6.36. The molecule has 1 N–H and O–H groups in total. The first kappa shape index (κ1) is 16.4. The van der Waals surface area contributed by atoms with Crippen molar-refractivity contribution in [2.24, 2.45) is 0 Å². The molecule has 2 heterocycles. The number of rotatable bonds is 3. The molecule has 24 heavy (non-hydrogen) atoms. The summed E-state index contributed by atoms with van der Waals surface area (Å²) in [5, 5.41) is 1.11. The average molecular weight is 355 g/mol. The van der Waals surface area contributed by atoms with Gasteiger partial charge in [-0.05, 0) is 54.5 Å². The number of pyridine rings is 1. The smallest absolute Gasteiger partial charge is 0.267 e. The number of hydrogen-bond acceptors (Lipinski definition) is 5. The third-order valence-corrected chi connectivity index (χ3v) is 4.70. The van der Waals surface area contributed by atoms with E-state index < -0.39 is 0 Å². The summed E-state index contributed by atoms with van der Waals surface area (Å²) in [4.78, 5) is 29.3. The van der Waals surface area contributed by atoms with Crippen molar-refractivity contribution in [1.29, 1.82) is 0 Å². The van der Waals surface area contributed by atoms with Crippen molar-refractivity contribution in [3.8, 4) is 0 Å². The van der Waals surface area contributed by atoms with Crippen LogP contribution in [0.2, 0.25) is 0 Å². The Labute approximate surface area is 148 Å². The first-order valence-electron chi connectivity index (χ1n) is 7.11. The molecule has 2 amide bonds. The van der Waals surface area contributed by atoms with Crippen molar-refractivity contribution >= 4 is 46.2 Å². The Hall–Kier alpha value is -2.51. The number of nitrogens with one attached hydrogen (secondary N) is 1. The lowest BCUT2D eigenvalue weighted by molar-refractivity contribution is -0.123. The van der Waals surface area contributed by atoms with Crippen molar-refractivity contribution < 1.29 is 9.59 Å². The van der Waals surface area contributed by atoms with Gasteiger partial charge < -0.3 is 0 Å². The number of carbonyl (C=O) groups excluding carboxylic acids is 2. The second-order valence-electron chi connectivity index (χ2n) is 5.05. The fourth-order valence-electron chi connectivity index (χ4n) is 2.16. The summed E-state index contributed by atoms with van der Waals surface area (Å²) in [6, 6.07) is 10.7. The van der Waals surface area contributed by atoms with Gasteiger partial charge in [0.2, 0.25) is 0 Å². The van der Waals surface area contributed by atoms with Crippen LogP contribution in [0.25, 0.3) is 6.08 Å². The van der Waals surface area contributed by atoms with Crippen LogP contribution >= 0.6 is 24.0 Å². The van der Waals surface area contributed by atoms with Crippen LogP contribution in [0.4, 0.5) is 0 Å². The van der Waals surface area contributed by atoms with Gasteiger partial charge in [-0.1, -0.05) is 30.0 Å². The van der Waals surface area contributed by atoms with E-state index >= 15 is 0 Å². The molecule has 0 aliphatic carbocycles. The first-order chi connectivity index (χ1) is 11.6. The summed E-state index contributed by atoms with van der Waals surface area (Å²) < 4.78 is 0.294. The molecule has 0 atom stereocenters. The molecule has 3 rings (SSSR count). The fourth-order valence-corrected chi connectivity index (χ4v) is 3.34. The topological polar surface area (TPSA) is 62.3 Å². The molecular formula is C17H13N3O2S2. The normalized spacial score (nSPS) is 15.9. The molecule has 1 aliphatic rings. The lowest BCUT2D eigenvalue weighted by Crippen LogP contribution is -2.45. The van der Waals surface area contributed by atoms with Gasteiger partial charge >= 0.3 is 0 Å². The molecule has 1 aromatic carbocycles. The number of aromatic nitrogens is 1. The lowest BCUT2D eigenvalue weighted by atomic mass is 10.1. The molecule has 1 aliphatic heterocycles. The summed E-state index contributed by atoms with van der Waals surface area (Å²) in [6.45, 7) is 1.84. The van der Waals surface area contributed by atoms with Gasteiger partial charge in [0.25, 0.3) is 11.8 Å². The fraction of sp³-hybridized carbons (Fsp3) is 0.0588. The summed E-state index contributed by atoms with van der Waals surface area (Å²) in [5.41, 5.74) is 4.76. The molecule has 2 aromatic rings. The maximum Gasteiger partial charge on any atom is 0.285 e. The van der Waals surface area contributed by atoms with Gasteiger partial charge in [-0.3, -0.25) is 20.0 Å². The number of benzene rings is 1. The molecule has 120 valence electrons. The highest BCUT2D eigenvalue weighted by Gasteiger charge is 2.33. The highest BCUT2D eigenvalue weighted by molar-refractivity contribution is 8.26. The zero-order valence-corrected chi connectivity index (χ0v) is 14.4. The van der Waals surface area contributed by atoms with Crippen LogP contribution in [0.3, 0.4) is 0 Å². The molecular weight excluding hydrogens is 342 g/mol. The number of nitrogens with zero attached hydrogens (tertiary/aromatic N) is 2. The Kier molecular flexibility index (Phi) is 4.73. The van der Waals surface area contributed by atoms with E-state index in [4.69, 9.17) is 12.2 Å². The predicted octanol–water partition coefficient (Wildman–Crippen LogP) is 2.94. The van der Waals surface area contributed by atoms with Crippen molar-refractivity contribution in [1.82, 2.24) is 15.4 Å². The van der Waals surface area contributed by atoms with E-state index in [0.29, 0.717) is 14.8 Å². The Morgan fingerprint density at radius 3 is 2.67 bits per heavy atom. The van der Waals surface area contributed by atoms with Crippen LogP contribution in [0.1, 0.15) is 21.5 Å². The van der Waals surface area contributed by atoms with E-state index in [0.717, 1.165) is 27.9 Å². The van der Waals surface area contributed by atoms with Crippen LogP contribution in [-0.2, 0) is 4.79 Å². The van der Waals surface area contributed by atoms with Crippen LogP contribution in [0.15, 0.2) is 53.7 Å². The molecule has 1 aromatic heterocycles. The molecule has 0 spiro atoms. The zero-order valence-electron chi connectivity index (χ0n) is 12.7. The minimum Gasteiger partial charge on any atom is -0.267 e. The second kappa shape index (κ2) is 6.94. The van der Waals surface area contributed by atoms with E-state index in [1.807, 2.05) is 19.1 Å². The van der Waals surface area contributed by atoms with Gasteiger partial charge in [-0.25, -0.2) is 0 Å². The van der Waals surface area contributed by atoms with Gasteiger partial charge in [0.05, 0.1) is 4.91 Å². The first-order valence-corrected chi connectivity index (χ1v) is 8.33. The molecule has 0 unspecified atom stereocenters. The average Bonchev–Trinajstić information content (AvgIpc) is 2.83. The number of aryl methyl sites for hydroxylation is 1. The van der Waals surface area contributed by atoms with Gasteiger partial charge in [0.15, 0.2) is 4.32 Å². The van der Waals surface area contributed by atoms with Crippen LogP contribution in [0, 0.1) is 6.92 Å². The van der Waals surface area contributed by atoms with Crippen LogP contribution in [-0.4, -0.2) is 26.1 Å². The van der Waals surface area contributed by atoms with E-state index in [2.05, 4.69) is 10.4 Å². The summed E-state index contributed by atoms with van der Waals surface area (Å²) in [5.74, 6) is -0.710. The molecule has 7 heteroatoms. The minimum atomic E-state index is -0.366. The number of thiocarbonyl (C=S) groups is 1. The maximum atomic E-state index is 12.5. The number of carbonyl (C=O) groups is 2. The predicted molar refractivity (Wildman–Crippen MR) is 97.9 cm³/mol. The molecule has 5 nitrogen and oxygen atoms in total. The van der Waals surface area contributed by atoms with Crippen molar-refractivity contribution in [2.45, 2.75) is 6.92 Å². The SMILES string of the molecule is Cc1ccccc1C(=O)NN1C(=O)C(=Cc2ccncc2)SC1=S. The molecule has 1 fully saturated rings. The van der Waals surface area contributed by atoms with Gasteiger partial charge in [-0.15, -0.1) is 0 Å². The van der Waals surface area contributed by atoms with E-state index in [1.165, 1.54) is 0 Å². The largest absolute Gasteiger partial charge is 0.285 e. The number of hydrazine groups is 1. The van der Waals surface area contributed by atoms with E-state index in [-0.39, 0.29) is 11.8 Å². The standard InChI is InChI=1S/C17H13N3O2S2/c1-11-4-2-3-5-13(11)15(21)19-20-16(22)14(24-17(20)23)10-12-6-8-18-9-7-12/h2-10H,1H3,(H,19,21). The van der Waals surface area contributed by atoms with E-state index in [9.17, 15) is 9.59 Å². The Morgan fingerprint density at radius 2 is 1.96 bits per heavy atom. The molecule has 0 radical (unpaired) electrons. The number of amides is 2. The van der Waals surface area contributed by atoms with Crippen LogP contribution < -0.4 is 5.43 Å². The van der Waals surface area contributed by atoms with Crippen molar-refractivity contribution in [2.75, 3.05) is 0 Å². The van der Waals surface area contributed by atoms with Crippen molar-refractivity contribution in [3.63, 3.8) is 0 Å². The molecule has 0 bridgehead atoms. The highest BCUT2D eigenvalue weighted by atomic mass is 32.2. The van der Waals surface area contributed by atoms with Gasteiger partial charge in [0.1, 0.15) is 0 Å². The van der Waals surface area contributed by atoms with Crippen molar-refractivity contribution in [3.05, 3.63) is 70.4 Å². The summed E-state index contributed by atoms with van der Waals surface area (Å²) in [7, 11) is 0. The maximum absolute atomic E-state index is 12.5. The zero-order chi connectivity index (χ0) is 17.1. The Balaban J connectivity index is 1.79. The lowest BCUT2D eigenvalue weighted by Gasteiger charge is -2.16. The second-order valence-corrected chi connectivity index (χ2v) is 6.73. The van der Waals surface area contributed by atoms with Gasteiger partial charge in [0, 0.05) is 18.0 Å². The monoisotopic (exact) mass is 355 g/mol. The minimum absolute atomic E-state index is 0.294. The molecule has 0 saturated carbocycles. The Bertz CT molecular complexity index is 850. The van der Waals surface area contributed by atoms with Crippen LogP contribution in [0.5, 0.6) is 0 Å². The Morgan fingerprint density at radius 1 is 1.25 bits per heavy atom. The number of thioether (sulfide) groups is 1.